The minimum atomic E-state index is -4.19. The highest BCUT2D eigenvalue weighted by Crippen LogP contribution is 2.32. The third kappa shape index (κ3) is 5.42. The lowest BCUT2D eigenvalue weighted by molar-refractivity contribution is -0.140. The summed E-state index contributed by atoms with van der Waals surface area (Å²) in [4.78, 5) is 14.7. The number of halogens is 2. The van der Waals surface area contributed by atoms with Crippen molar-refractivity contribution < 1.29 is 26.5 Å². The Bertz CT molecular complexity index is 1070. The Labute approximate surface area is 192 Å². The van der Waals surface area contributed by atoms with Crippen LogP contribution in [-0.4, -0.2) is 38.5 Å². The minimum Gasteiger partial charge on any atom is -0.379 e. The number of carbonyl (C=O) groups excluding carboxylic acids is 1. The lowest BCUT2D eigenvalue weighted by Gasteiger charge is -2.33. The number of benzene rings is 2. The van der Waals surface area contributed by atoms with Gasteiger partial charge in [-0.25, -0.2) is 4.39 Å². The van der Waals surface area contributed by atoms with Crippen molar-refractivity contribution >= 4 is 27.6 Å². The van der Waals surface area contributed by atoms with Gasteiger partial charge in [0.1, 0.15) is 16.5 Å². The molecule has 2 aromatic rings. The average molecular weight is 482 g/mol. The van der Waals surface area contributed by atoms with Crippen molar-refractivity contribution in [3.63, 3.8) is 0 Å². The molecular formula is C23H25ClFNO5S. The van der Waals surface area contributed by atoms with E-state index in [4.69, 9.17) is 20.5 Å². The first-order valence-electron chi connectivity index (χ1n) is 10.7. The van der Waals surface area contributed by atoms with Gasteiger partial charge in [0, 0.05) is 36.2 Å². The summed E-state index contributed by atoms with van der Waals surface area (Å²) in [5, 5.41) is 0.402. The van der Waals surface area contributed by atoms with E-state index in [1.807, 2.05) is 0 Å². The third-order valence-electron chi connectivity index (χ3n) is 5.90. The van der Waals surface area contributed by atoms with Crippen LogP contribution in [0.3, 0.4) is 0 Å². The first-order valence-corrected chi connectivity index (χ1v) is 12.5. The van der Waals surface area contributed by atoms with Gasteiger partial charge >= 0.3 is 10.1 Å². The molecule has 1 aliphatic heterocycles. The highest BCUT2D eigenvalue weighted by molar-refractivity contribution is 7.87. The fourth-order valence-electron chi connectivity index (χ4n) is 3.91. The van der Waals surface area contributed by atoms with Crippen LogP contribution in [0.4, 0.5) is 4.39 Å². The zero-order chi connectivity index (χ0) is 22.7. The normalized spacial score (nSPS) is 18.9. The second-order valence-electron chi connectivity index (χ2n) is 8.23. The molecule has 6 nitrogen and oxygen atoms in total. The summed E-state index contributed by atoms with van der Waals surface area (Å²) in [6.07, 6.45) is 4.55. The van der Waals surface area contributed by atoms with E-state index >= 15 is 0 Å². The highest BCUT2D eigenvalue weighted by atomic mass is 35.5. The Morgan fingerprint density at radius 3 is 2.50 bits per heavy atom. The molecule has 1 heterocycles. The summed E-state index contributed by atoms with van der Waals surface area (Å²) in [6, 6.07) is 9.00. The minimum absolute atomic E-state index is 0.0112. The number of hydrogen-bond acceptors (Lipinski definition) is 5. The molecule has 32 heavy (non-hydrogen) atoms. The zero-order valence-electron chi connectivity index (χ0n) is 17.5. The lowest BCUT2D eigenvalue weighted by Crippen LogP contribution is -2.42. The predicted octanol–water partition coefficient (Wildman–Crippen LogP) is 4.55. The number of nitrogens with zero attached hydrogens (tertiary/aromatic N) is 1. The molecule has 2 fully saturated rings. The van der Waals surface area contributed by atoms with Crippen LogP contribution in [0.2, 0.25) is 5.02 Å². The number of carbonyl (C=O) groups is 1. The van der Waals surface area contributed by atoms with Crippen LogP contribution in [0.25, 0.3) is 0 Å². The van der Waals surface area contributed by atoms with E-state index in [1.165, 1.54) is 12.1 Å². The molecule has 1 amide bonds. The van der Waals surface area contributed by atoms with Crippen LogP contribution in [0.5, 0.6) is 5.75 Å². The lowest BCUT2D eigenvalue weighted by atomic mass is 9.84. The molecule has 2 aliphatic rings. The van der Waals surface area contributed by atoms with Gasteiger partial charge in [-0.3, -0.25) is 4.79 Å². The number of amides is 1. The van der Waals surface area contributed by atoms with E-state index in [0.717, 1.165) is 56.4 Å². The maximum atomic E-state index is 13.2. The fourth-order valence-corrected chi connectivity index (χ4v) is 5.07. The summed E-state index contributed by atoms with van der Waals surface area (Å²) in [5.41, 5.74) is 0.480. The average Bonchev–Trinajstić information content (AvgIpc) is 3.21. The van der Waals surface area contributed by atoms with Crippen molar-refractivity contribution in [2.75, 3.05) is 13.2 Å². The van der Waals surface area contributed by atoms with Crippen molar-refractivity contribution in [1.82, 2.24) is 4.90 Å². The molecule has 9 heteroatoms. The Balaban J connectivity index is 1.59. The van der Waals surface area contributed by atoms with E-state index in [2.05, 4.69) is 0 Å². The van der Waals surface area contributed by atoms with Gasteiger partial charge in [-0.15, -0.1) is 0 Å². The fraction of sp³-hybridized carbons (Fsp3) is 0.435. The molecule has 4 rings (SSSR count). The molecule has 1 aliphatic carbocycles. The zero-order valence-corrected chi connectivity index (χ0v) is 19.1. The largest absolute Gasteiger partial charge is 0.379 e. The van der Waals surface area contributed by atoms with Crippen LogP contribution >= 0.6 is 11.6 Å². The number of ether oxygens (including phenoxy) is 1. The summed E-state index contributed by atoms with van der Waals surface area (Å²) in [7, 11) is -4.19. The van der Waals surface area contributed by atoms with Gasteiger partial charge in [0.2, 0.25) is 5.91 Å². The van der Waals surface area contributed by atoms with E-state index in [-0.39, 0.29) is 35.1 Å². The molecule has 1 atom stereocenters. The summed E-state index contributed by atoms with van der Waals surface area (Å²) >= 11 is 6.18. The second-order valence-corrected chi connectivity index (χ2v) is 10.2. The Morgan fingerprint density at radius 2 is 1.88 bits per heavy atom. The quantitative estimate of drug-likeness (QED) is 0.517. The smallest absolute Gasteiger partial charge is 0.339 e. The van der Waals surface area contributed by atoms with Crippen LogP contribution in [0, 0.1) is 11.7 Å². The third-order valence-corrected chi connectivity index (χ3v) is 7.38. The summed E-state index contributed by atoms with van der Waals surface area (Å²) in [6.45, 7) is 1.27. The Kier molecular flexibility index (Phi) is 7.02. The first-order chi connectivity index (χ1) is 15.3. The molecule has 172 valence electrons. The number of hydrogen-bond donors (Lipinski definition) is 0. The molecule has 1 saturated carbocycles. The maximum absolute atomic E-state index is 13.2. The van der Waals surface area contributed by atoms with Crippen molar-refractivity contribution in [2.45, 2.75) is 49.6 Å². The van der Waals surface area contributed by atoms with Crippen molar-refractivity contribution in [2.24, 2.45) is 5.92 Å². The first kappa shape index (κ1) is 23.0. The Morgan fingerprint density at radius 1 is 1.12 bits per heavy atom. The predicted molar refractivity (Wildman–Crippen MR) is 117 cm³/mol. The van der Waals surface area contributed by atoms with Crippen LogP contribution < -0.4 is 4.18 Å². The van der Waals surface area contributed by atoms with Crippen LogP contribution in [0.1, 0.15) is 37.7 Å². The second kappa shape index (κ2) is 9.77. The van der Waals surface area contributed by atoms with Crippen molar-refractivity contribution in [1.29, 1.82) is 0 Å². The topological polar surface area (TPSA) is 72.9 Å². The van der Waals surface area contributed by atoms with E-state index in [0.29, 0.717) is 23.7 Å². The van der Waals surface area contributed by atoms with Gasteiger partial charge in [0.25, 0.3) is 0 Å². The van der Waals surface area contributed by atoms with Gasteiger partial charge in [-0.2, -0.15) is 8.42 Å². The van der Waals surface area contributed by atoms with Crippen LogP contribution in [-0.2, 0) is 26.2 Å². The highest BCUT2D eigenvalue weighted by Gasteiger charge is 2.32. The molecule has 0 radical (unpaired) electrons. The van der Waals surface area contributed by atoms with Gasteiger partial charge in [-0.1, -0.05) is 18.0 Å². The van der Waals surface area contributed by atoms with Gasteiger partial charge in [-0.05, 0) is 68.1 Å². The molecule has 2 aromatic carbocycles. The molecule has 0 spiro atoms. The van der Waals surface area contributed by atoms with Crippen molar-refractivity contribution in [3.8, 4) is 5.75 Å². The molecular weight excluding hydrogens is 457 g/mol. The van der Waals surface area contributed by atoms with E-state index < -0.39 is 15.9 Å². The van der Waals surface area contributed by atoms with Gasteiger partial charge in [0.15, 0.2) is 0 Å². The summed E-state index contributed by atoms with van der Waals surface area (Å²) < 4.78 is 49.8. The van der Waals surface area contributed by atoms with Gasteiger partial charge < -0.3 is 13.8 Å². The molecule has 0 aromatic heterocycles. The maximum Gasteiger partial charge on any atom is 0.339 e. The molecule has 0 bridgehead atoms. The van der Waals surface area contributed by atoms with Crippen molar-refractivity contribution in [3.05, 3.63) is 58.9 Å². The molecule has 0 N–H and O–H groups in total. The van der Waals surface area contributed by atoms with Gasteiger partial charge in [0.05, 0.1) is 6.10 Å². The van der Waals surface area contributed by atoms with Crippen LogP contribution in [0.15, 0.2) is 47.4 Å². The monoisotopic (exact) mass is 481 g/mol. The van der Waals surface area contributed by atoms with E-state index in [9.17, 15) is 17.6 Å². The summed E-state index contributed by atoms with van der Waals surface area (Å²) in [5.74, 6) is -0.435. The standard InChI is InChI=1S/C23H25ClFNO5S/c24-18-6-11-22(31-32(28,29)21-9-7-19(25)8-10-21)17(13-18)14-26(15-20-5-2-12-30-20)23(27)16-3-1-4-16/h6-11,13,16,20H,1-5,12,14-15H2. The Hall–Kier alpha value is -2.16. The molecule has 1 saturated heterocycles. The SMILES string of the molecule is O=C(C1CCC1)N(Cc1cc(Cl)ccc1OS(=O)(=O)c1ccc(F)cc1)CC1CCCO1. The number of rotatable bonds is 8. The molecule has 1 unspecified atom stereocenters. The van der Waals surface area contributed by atoms with E-state index in [1.54, 1.807) is 11.0 Å².